The number of nitrogens with one attached hydrogen (secondary N) is 2. The number of aromatic nitrogens is 4. The summed E-state index contributed by atoms with van der Waals surface area (Å²) in [4.78, 5) is 20.4. The van der Waals surface area contributed by atoms with Gasteiger partial charge in [-0.05, 0) is 56.7 Å². The number of H-pyrrole nitrogens is 1. The number of imidazole rings is 1. The molecule has 0 saturated heterocycles. The van der Waals surface area contributed by atoms with Crippen LogP contribution in [0.2, 0.25) is 10.0 Å². The van der Waals surface area contributed by atoms with Gasteiger partial charge in [-0.25, -0.2) is 17.9 Å². The zero-order chi connectivity index (χ0) is 27.4. The van der Waals surface area contributed by atoms with Gasteiger partial charge in [0.25, 0.3) is 15.6 Å². The van der Waals surface area contributed by atoms with Crippen molar-refractivity contribution in [2.45, 2.75) is 57.8 Å². The maximum Gasteiger partial charge on any atom is 0.277 e. The molecule has 12 heteroatoms. The van der Waals surface area contributed by atoms with Crippen molar-refractivity contribution >= 4 is 44.4 Å². The van der Waals surface area contributed by atoms with Gasteiger partial charge in [-0.15, -0.1) is 5.10 Å². The number of unbranched alkanes of at least 4 members (excludes halogenated alkanes) is 3. The quantitative estimate of drug-likeness (QED) is 0.210. The van der Waals surface area contributed by atoms with Crippen molar-refractivity contribution in [3.8, 4) is 17.1 Å². The van der Waals surface area contributed by atoms with E-state index in [4.69, 9.17) is 27.9 Å². The van der Waals surface area contributed by atoms with Gasteiger partial charge in [-0.2, -0.15) is 0 Å². The summed E-state index contributed by atoms with van der Waals surface area (Å²) in [5.41, 5.74) is 1.02. The number of hydrogen-bond acceptors (Lipinski definition) is 6. The Morgan fingerprint density at radius 1 is 1.08 bits per heavy atom. The first-order valence-corrected chi connectivity index (χ1v) is 14.6. The van der Waals surface area contributed by atoms with E-state index in [9.17, 15) is 13.2 Å². The summed E-state index contributed by atoms with van der Waals surface area (Å²) in [6.45, 7) is 6.05. The number of rotatable bonds is 11. The van der Waals surface area contributed by atoms with E-state index < -0.39 is 10.0 Å². The topological polar surface area (TPSA) is 118 Å². The van der Waals surface area contributed by atoms with Crippen LogP contribution < -0.4 is 15.0 Å². The Bertz CT molecular complexity index is 1630. The summed E-state index contributed by atoms with van der Waals surface area (Å²) in [7, 11) is -4.08. The number of anilines is 1. The van der Waals surface area contributed by atoms with E-state index in [1.54, 1.807) is 17.5 Å². The first kappa shape index (κ1) is 27.9. The molecule has 38 heavy (non-hydrogen) atoms. The van der Waals surface area contributed by atoms with Crippen molar-refractivity contribution in [2.24, 2.45) is 0 Å². The number of aryl methyl sites for hydroxylation is 2. The molecular weight excluding hydrogens is 549 g/mol. The number of hydrogen-bond donors (Lipinski definition) is 2. The fourth-order valence-electron chi connectivity index (χ4n) is 4.15. The number of nitrogens with zero attached hydrogens (tertiary/aromatic N) is 3. The first-order chi connectivity index (χ1) is 18.1. The van der Waals surface area contributed by atoms with Gasteiger partial charge >= 0.3 is 0 Å². The monoisotopic (exact) mass is 577 g/mol. The first-order valence-electron chi connectivity index (χ1n) is 12.4. The molecular formula is C26H29Cl2N5O4S. The molecule has 0 atom stereocenters. The molecule has 0 amide bonds. The third kappa shape index (κ3) is 5.98. The van der Waals surface area contributed by atoms with Crippen molar-refractivity contribution in [2.75, 3.05) is 11.3 Å². The maximum absolute atomic E-state index is 13.3. The highest BCUT2D eigenvalue weighted by molar-refractivity contribution is 7.92. The van der Waals surface area contributed by atoms with Crippen LogP contribution in [0.1, 0.15) is 51.0 Å². The van der Waals surface area contributed by atoms with E-state index in [-0.39, 0.29) is 27.0 Å². The Labute approximate surface area is 231 Å². The number of benzene rings is 2. The number of fused-ring (bicyclic) bond motifs is 1. The van der Waals surface area contributed by atoms with Gasteiger partial charge in [0, 0.05) is 11.4 Å². The summed E-state index contributed by atoms with van der Waals surface area (Å²) >= 11 is 12.2. The predicted molar refractivity (Wildman–Crippen MR) is 150 cm³/mol. The lowest BCUT2D eigenvalue weighted by Gasteiger charge is -2.14. The number of ether oxygens (including phenoxy) is 1. The highest BCUT2D eigenvalue weighted by atomic mass is 35.5. The van der Waals surface area contributed by atoms with E-state index in [0.29, 0.717) is 46.4 Å². The Balaban J connectivity index is 1.80. The van der Waals surface area contributed by atoms with Crippen LogP contribution in [0.4, 0.5) is 5.69 Å². The molecule has 4 rings (SSSR count). The van der Waals surface area contributed by atoms with E-state index in [2.05, 4.69) is 26.7 Å². The van der Waals surface area contributed by atoms with Gasteiger partial charge in [-0.1, -0.05) is 49.4 Å². The highest BCUT2D eigenvalue weighted by Crippen LogP contribution is 2.32. The van der Waals surface area contributed by atoms with E-state index in [1.807, 2.05) is 6.92 Å². The fraction of sp³-hybridized carbons (Fsp3) is 0.346. The summed E-state index contributed by atoms with van der Waals surface area (Å²) in [5, 5.41) is 5.19. The third-order valence-corrected chi connectivity index (χ3v) is 7.91. The lowest BCUT2D eigenvalue weighted by molar-refractivity contribution is 0.341. The van der Waals surface area contributed by atoms with Crippen LogP contribution in [-0.2, 0) is 16.4 Å². The molecule has 2 N–H and O–H groups in total. The molecule has 2 aromatic heterocycles. The van der Waals surface area contributed by atoms with Crippen LogP contribution in [0.5, 0.6) is 5.75 Å². The van der Waals surface area contributed by atoms with E-state index in [0.717, 1.165) is 25.7 Å². The summed E-state index contributed by atoms with van der Waals surface area (Å²) < 4.78 is 36.3. The maximum atomic E-state index is 13.3. The third-order valence-electron chi connectivity index (χ3n) is 5.99. The molecule has 0 unspecified atom stereocenters. The molecule has 2 heterocycles. The van der Waals surface area contributed by atoms with Crippen molar-refractivity contribution in [3.05, 3.63) is 68.3 Å². The minimum absolute atomic E-state index is 0.0728. The average molecular weight is 579 g/mol. The van der Waals surface area contributed by atoms with E-state index >= 15 is 0 Å². The zero-order valence-electron chi connectivity index (χ0n) is 21.3. The lowest BCUT2D eigenvalue weighted by Crippen LogP contribution is -2.17. The van der Waals surface area contributed by atoms with Crippen LogP contribution in [0.3, 0.4) is 0 Å². The summed E-state index contributed by atoms with van der Waals surface area (Å²) in [6, 6.07) is 8.83. The van der Waals surface area contributed by atoms with Crippen LogP contribution in [0.15, 0.2) is 46.1 Å². The Kier molecular flexibility index (Phi) is 8.64. The minimum Gasteiger partial charge on any atom is -0.493 e. The van der Waals surface area contributed by atoms with Crippen LogP contribution in [-0.4, -0.2) is 34.6 Å². The second-order valence-corrected chi connectivity index (χ2v) is 11.3. The summed E-state index contributed by atoms with van der Waals surface area (Å²) in [6.07, 6.45) is 4.88. The van der Waals surface area contributed by atoms with Crippen LogP contribution >= 0.6 is 23.2 Å². The molecule has 0 aliphatic heterocycles. The Morgan fingerprint density at radius 3 is 2.61 bits per heavy atom. The van der Waals surface area contributed by atoms with Gasteiger partial charge in [0.1, 0.15) is 11.6 Å². The molecule has 202 valence electrons. The smallest absolute Gasteiger partial charge is 0.277 e. The highest BCUT2D eigenvalue weighted by Gasteiger charge is 2.22. The van der Waals surface area contributed by atoms with Crippen LogP contribution in [0.25, 0.3) is 16.9 Å². The van der Waals surface area contributed by atoms with Crippen LogP contribution in [0, 0.1) is 6.92 Å². The number of sulfonamides is 1. The second kappa shape index (κ2) is 11.8. The Morgan fingerprint density at radius 2 is 1.87 bits per heavy atom. The van der Waals surface area contributed by atoms with Gasteiger partial charge in [0.05, 0.1) is 33.5 Å². The summed E-state index contributed by atoms with van der Waals surface area (Å²) in [5.74, 6) is 1.21. The van der Waals surface area contributed by atoms with Crippen molar-refractivity contribution in [3.63, 3.8) is 0 Å². The van der Waals surface area contributed by atoms with Gasteiger partial charge in [0.15, 0.2) is 11.3 Å². The second-order valence-electron chi connectivity index (χ2n) is 8.81. The molecule has 4 aromatic rings. The van der Waals surface area contributed by atoms with Crippen molar-refractivity contribution in [1.29, 1.82) is 0 Å². The molecule has 0 radical (unpaired) electrons. The largest absolute Gasteiger partial charge is 0.493 e. The van der Waals surface area contributed by atoms with Gasteiger partial charge in [0.2, 0.25) is 0 Å². The van der Waals surface area contributed by atoms with Gasteiger partial charge in [-0.3, -0.25) is 9.52 Å². The lowest BCUT2D eigenvalue weighted by atomic mass is 10.1. The molecule has 2 aromatic carbocycles. The fourth-order valence-corrected chi connectivity index (χ4v) is 5.64. The minimum atomic E-state index is -4.08. The molecule has 0 aliphatic carbocycles. The molecule has 0 fully saturated rings. The molecule has 0 bridgehead atoms. The predicted octanol–water partition coefficient (Wildman–Crippen LogP) is 6.02. The molecule has 0 saturated carbocycles. The SMILES string of the molecule is CCCCCCc1nc(C)c2c(=O)[nH]c(-c3cc(S(=O)(=O)Nc4cc(Cl)ccc4Cl)ccc3OCC)nn12. The molecule has 9 nitrogen and oxygen atoms in total. The zero-order valence-corrected chi connectivity index (χ0v) is 23.7. The van der Waals surface area contributed by atoms with Crippen molar-refractivity contribution in [1.82, 2.24) is 19.6 Å². The van der Waals surface area contributed by atoms with Gasteiger partial charge < -0.3 is 9.72 Å². The standard InChI is InChI=1S/C26H29Cl2N5O4S/c1-4-6-7-8-9-23-29-16(3)24-26(34)30-25(31-33(23)24)19-15-18(11-13-22(19)37-5-2)38(35,36)32-21-14-17(27)10-12-20(21)28/h10-15,32H,4-9H2,1-3H3,(H,30,31,34). The number of halogens is 2. The van der Waals surface area contributed by atoms with Crippen molar-refractivity contribution < 1.29 is 13.2 Å². The van der Waals surface area contributed by atoms with E-state index in [1.165, 1.54) is 30.3 Å². The average Bonchev–Trinajstić information content (AvgIpc) is 3.20. The number of aromatic amines is 1. The normalized spacial score (nSPS) is 11.7. The molecule has 0 aliphatic rings. The molecule has 0 spiro atoms. The Hall–Kier alpha value is -3.08.